The van der Waals surface area contributed by atoms with Crippen molar-refractivity contribution in [2.45, 2.75) is 32.2 Å². The van der Waals surface area contributed by atoms with Crippen molar-refractivity contribution in [1.82, 2.24) is 4.90 Å². The lowest BCUT2D eigenvalue weighted by molar-refractivity contribution is 0.0385. The fraction of sp³-hybridized carbons (Fsp3) is 0.583. The van der Waals surface area contributed by atoms with Crippen LogP contribution >= 0.6 is 0 Å². The summed E-state index contributed by atoms with van der Waals surface area (Å²) in [5.74, 6) is 0.707. The van der Waals surface area contributed by atoms with Gasteiger partial charge in [0.25, 0.3) is 5.91 Å². The molecule has 2 N–H and O–H groups in total. The van der Waals surface area contributed by atoms with Crippen molar-refractivity contribution < 1.29 is 9.21 Å². The first-order valence-corrected chi connectivity index (χ1v) is 5.68. The van der Waals surface area contributed by atoms with Gasteiger partial charge < -0.3 is 15.1 Å². The van der Waals surface area contributed by atoms with Crippen LogP contribution in [0, 0.1) is 6.92 Å². The summed E-state index contributed by atoms with van der Waals surface area (Å²) in [6.07, 6.45) is 3.58. The standard InChI is InChI=1S/C12H18N2O2/c1-3-5-12(13)7-14(8-12)11(15)10-4-6-16-9(10)2/h4,6H,3,5,7-8,13H2,1-2H3. The molecule has 2 heterocycles. The highest BCUT2D eigenvalue weighted by Gasteiger charge is 2.41. The molecule has 0 radical (unpaired) electrons. The molecule has 0 spiro atoms. The molecule has 1 fully saturated rings. The number of amides is 1. The van der Waals surface area contributed by atoms with Crippen LogP contribution in [0.5, 0.6) is 0 Å². The van der Waals surface area contributed by atoms with Crippen LogP contribution in [0.25, 0.3) is 0 Å². The van der Waals surface area contributed by atoms with Gasteiger partial charge in [-0.25, -0.2) is 0 Å². The van der Waals surface area contributed by atoms with Crippen LogP contribution in [-0.4, -0.2) is 29.4 Å². The van der Waals surface area contributed by atoms with E-state index in [1.165, 1.54) is 0 Å². The van der Waals surface area contributed by atoms with Crippen molar-refractivity contribution in [3.05, 3.63) is 23.7 Å². The Bertz CT molecular complexity index is 391. The Kier molecular flexibility index (Phi) is 2.76. The maximum absolute atomic E-state index is 12.0. The first kappa shape index (κ1) is 11.2. The summed E-state index contributed by atoms with van der Waals surface area (Å²) in [6, 6.07) is 1.72. The zero-order chi connectivity index (χ0) is 11.8. The normalized spacial score (nSPS) is 18.3. The molecule has 4 heteroatoms. The zero-order valence-corrected chi connectivity index (χ0v) is 9.82. The van der Waals surface area contributed by atoms with Gasteiger partial charge in [-0.2, -0.15) is 0 Å². The number of hydrogen-bond donors (Lipinski definition) is 1. The van der Waals surface area contributed by atoms with Crippen LogP contribution in [0.3, 0.4) is 0 Å². The highest BCUT2D eigenvalue weighted by molar-refractivity contribution is 5.95. The number of carbonyl (C=O) groups is 1. The Morgan fingerprint density at radius 3 is 2.81 bits per heavy atom. The fourth-order valence-electron chi connectivity index (χ4n) is 2.29. The number of carbonyl (C=O) groups excluding carboxylic acids is 1. The van der Waals surface area contributed by atoms with E-state index in [0.717, 1.165) is 12.8 Å². The molecule has 0 aliphatic carbocycles. The maximum atomic E-state index is 12.0. The minimum absolute atomic E-state index is 0.0310. The largest absolute Gasteiger partial charge is 0.469 e. The maximum Gasteiger partial charge on any atom is 0.257 e. The molecule has 1 aromatic rings. The Balaban J connectivity index is 1.98. The molecular formula is C12H18N2O2. The van der Waals surface area contributed by atoms with Crippen LogP contribution < -0.4 is 5.73 Å². The van der Waals surface area contributed by atoms with E-state index in [-0.39, 0.29) is 11.4 Å². The van der Waals surface area contributed by atoms with Crippen LogP contribution in [-0.2, 0) is 0 Å². The summed E-state index contributed by atoms with van der Waals surface area (Å²) in [7, 11) is 0. The number of furan rings is 1. The lowest BCUT2D eigenvalue weighted by Crippen LogP contribution is -2.68. The fourth-order valence-corrected chi connectivity index (χ4v) is 2.29. The summed E-state index contributed by atoms with van der Waals surface area (Å²) in [5.41, 5.74) is 6.60. The van der Waals surface area contributed by atoms with E-state index < -0.39 is 0 Å². The van der Waals surface area contributed by atoms with Crippen molar-refractivity contribution in [3.63, 3.8) is 0 Å². The van der Waals surface area contributed by atoms with Crippen LogP contribution in [0.1, 0.15) is 35.9 Å². The Morgan fingerprint density at radius 1 is 1.62 bits per heavy atom. The van der Waals surface area contributed by atoms with Gasteiger partial charge in [0.1, 0.15) is 5.76 Å². The third kappa shape index (κ3) is 1.85. The molecular weight excluding hydrogens is 204 g/mol. The SMILES string of the molecule is CCCC1(N)CN(C(=O)c2ccoc2C)C1. The third-order valence-corrected chi connectivity index (χ3v) is 3.14. The van der Waals surface area contributed by atoms with Gasteiger partial charge in [-0.05, 0) is 19.4 Å². The van der Waals surface area contributed by atoms with Crippen molar-refractivity contribution >= 4 is 5.91 Å². The molecule has 2 rings (SSSR count). The van der Waals surface area contributed by atoms with Gasteiger partial charge in [0.05, 0.1) is 17.4 Å². The Morgan fingerprint density at radius 2 is 2.31 bits per heavy atom. The van der Waals surface area contributed by atoms with Gasteiger partial charge in [0, 0.05) is 13.1 Å². The minimum atomic E-state index is -0.165. The van der Waals surface area contributed by atoms with E-state index in [1.54, 1.807) is 24.2 Å². The topological polar surface area (TPSA) is 59.5 Å². The highest BCUT2D eigenvalue weighted by Crippen LogP contribution is 2.25. The second kappa shape index (κ2) is 3.94. The van der Waals surface area contributed by atoms with Crippen molar-refractivity contribution in [2.24, 2.45) is 5.73 Å². The molecule has 0 atom stereocenters. The van der Waals surface area contributed by atoms with Gasteiger partial charge in [0.2, 0.25) is 0 Å². The van der Waals surface area contributed by atoms with E-state index in [4.69, 9.17) is 10.2 Å². The number of rotatable bonds is 3. The molecule has 0 bridgehead atoms. The summed E-state index contributed by atoms with van der Waals surface area (Å²) >= 11 is 0. The number of hydrogen-bond acceptors (Lipinski definition) is 3. The average Bonchev–Trinajstić information content (AvgIpc) is 2.60. The Hall–Kier alpha value is -1.29. The average molecular weight is 222 g/mol. The van der Waals surface area contributed by atoms with E-state index in [9.17, 15) is 4.79 Å². The molecule has 0 unspecified atom stereocenters. The number of nitrogens with two attached hydrogens (primary N) is 1. The van der Waals surface area contributed by atoms with Gasteiger partial charge in [0.15, 0.2) is 0 Å². The molecule has 1 aromatic heterocycles. The minimum Gasteiger partial charge on any atom is -0.469 e. The first-order chi connectivity index (χ1) is 7.56. The smallest absolute Gasteiger partial charge is 0.257 e. The van der Waals surface area contributed by atoms with Crippen LogP contribution in [0.4, 0.5) is 0 Å². The monoisotopic (exact) mass is 222 g/mol. The number of aryl methyl sites for hydroxylation is 1. The zero-order valence-electron chi connectivity index (χ0n) is 9.82. The van der Waals surface area contributed by atoms with Crippen LogP contribution in [0.15, 0.2) is 16.7 Å². The summed E-state index contributed by atoms with van der Waals surface area (Å²) in [5, 5.41) is 0. The molecule has 0 saturated carbocycles. The van der Waals surface area contributed by atoms with Crippen molar-refractivity contribution in [2.75, 3.05) is 13.1 Å². The molecule has 1 amide bonds. The van der Waals surface area contributed by atoms with Crippen molar-refractivity contribution in [1.29, 1.82) is 0 Å². The summed E-state index contributed by atoms with van der Waals surface area (Å²) < 4.78 is 5.13. The van der Waals surface area contributed by atoms with Gasteiger partial charge in [-0.15, -0.1) is 0 Å². The predicted molar refractivity (Wildman–Crippen MR) is 61.2 cm³/mol. The lowest BCUT2D eigenvalue weighted by Gasteiger charge is -2.47. The Labute approximate surface area is 95.4 Å². The molecule has 0 aromatic carbocycles. The second-order valence-corrected chi connectivity index (χ2v) is 4.66. The molecule has 16 heavy (non-hydrogen) atoms. The van der Waals surface area contributed by atoms with Crippen molar-refractivity contribution in [3.8, 4) is 0 Å². The molecule has 1 aliphatic rings. The first-order valence-electron chi connectivity index (χ1n) is 5.68. The summed E-state index contributed by atoms with van der Waals surface area (Å²) in [4.78, 5) is 13.8. The molecule has 4 nitrogen and oxygen atoms in total. The van der Waals surface area contributed by atoms with E-state index in [2.05, 4.69) is 6.92 Å². The molecule has 1 saturated heterocycles. The van der Waals surface area contributed by atoms with E-state index >= 15 is 0 Å². The highest BCUT2D eigenvalue weighted by atomic mass is 16.3. The third-order valence-electron chi connectivity index (χ3n) is 3.14. The number of likely N-dealkylation sites (tertiary alicyclic amines) is 1. The van der Waals surface area contributed by atoms with Gasteiger partial charge in [-0.1, -0.05) is 13.3 Å². The van der Waals surface area contributed by atoms with E-state index in [1.807, 2.05) is 0 Å². The van der Waals surface area contributed by atoms with Gasteiger partial charge in [-0.3, -0.25) is 4.79 Å². The quantitative estimate of drug-likeness (QED) is 0.844. The predicted octanol–water partition coefficient (Wildman–Crippen LogP) is 1.54. The number of nitrogens with zero attached hydrogens (tertiary/aromatic N) is 1. The summed E-state index contributed by atoms with van der Waals surface area (Å²) in [6.45, 7) is 5.22. The van der Waals surface area contributed by atoms with E-state index in [0.29, 0.717) is 24.4 Å². The lowest BCUT2D eigenvalue weighted by atomic mass is 9.86. The molecule has 88 valence electrons. The second-order valence-electron chi connectivity index (χ2n) is 4.66. The van der Waals surface area contributed by atoms with Gasteiger partial charge >= 0.3 is 0 Å². The van der Waals surface area contributed by atoms with Crippen LogP contribution in [0.2, 0.25) is 0 Å². The molecule has 1 aliphatic heterocycles.